The Morgan fingerprint density at radius 1 is 1.38 bits per heavy atom. The summed E-state index contributed by atoms with van der Waals surface area (Å²) >= 11 is 0. The summed E-state index contributed by atoms with van der Waals surface area (Å²) in [5, 5.41) is 5.90. The molecule has 76 valence electrons. The summed E-state index contributed by atoms with van der Waals surface area (Å²) in [7, 11) is 1.86. The van der Waals surface area contributed by atoms with Gasteiger partial charge in [0.1, 0.15) is 0 Å². The lowest BCUT2D eigenvalue weighted by molar-refractivity contribution is -0.121. The summed E-state index contributed by atoms with van der Waals surface area (Å²) < 4.78 is 0. The van der Waals surface area contributed by atoms with Crippen LogP contribution in [0, 0.1) is 5.92 Å². The second kappa shape index (κ2) is 5.97. The minimum absolute atomic E-state index is 0.175. The van der Waals surface area contributed by atoms with Crippen molar-refractivity contribution in [1.82, 2.24) is 10.6 Å². The van der Waals surface area contributed by atoms with E-state index in [2.05, 4.69) is 10.6 Å². The Labute approximate surface area is 80.3 Å². The molecule has 0 spiro atoms. The van der Waals surface area contributed by atoms with E-state index in [9.17, 15) is 4.79 Å². The van der Waals surface area contributed by atoms with E-state index >= 15 is 0 Å². The molecule has 1 aliphatic carbocycles. The van der Waals surface area contributed by atoms with E-state index in [1.165, 1.54) is 25.7 Å². The fraction of sp³-hybridized carbons (Fsp3) is 0.900. The molecule has 0 saturated heterocycles. The largest absolute Gasteiger partial charge is 0.356 e. The zero-order valence-electron chi connectivity index (χ0n) is 8.44. The van der Waals surface area contributed by atoms with Crippen LogP contribution >= 0.6 is 0 Å². The van der Waals surface area contributed by atoms with Gasteiger partial charge >= 0.3 is 0 Å². The lowest BCUT2D eigenvalue weighted by atomic mass is 9.83. The van der Waals surface area contributed by atoms with E-state index in [0.717, 1.165) is 19.0 Å². The molecule has 13 heavy (non-hydrogen) atoms. The topological polar surface area (TPSA) is 41.1 Å². The van der Waals surface area contributed by atoms with Crippen LogP contribution in [0.5, 0.6) is 0 Å². The predicted octanol–water partition coefficient (Wildman–Crippen LogP) is 0.902. The maximum Gasteiger partial charge on any atom is 0.221 e. The minimum Gasteiger partial charge on any atom is -0.356 e. The van der Waals surface area contributed by atoms with Crippen molar-refractivity contribution < 1.29 is 4.79 Å². The van der Waals surface area contributed by atoms with Crippen molar-refractivity contribution in [2.24, 2.45) is 5.92 Å². The van der Waals surface area contributed by atoms with E-state index in [1.807, 2.05) is 7.05 Å². The van der Waals surface area contributed by atoms with Crippen LogP contribution < -0.4 is 10.6 Å². The number of rotatable bonds is 6. The van der Waals surface area contributed by atoms with E-state index in [1.54, 1.807) is 0 Å². The summed E-state index contributed by atoms with van der Waals surface area (Å²) in [6, 6.07) is 0. The van der Waals surface area contributed by atoms with Crippen LogP contribution in [0.15, 0.2) is 0 Å². The first-order valence-electron chi connectivity index (χ1n) is 5.24. The highest BCUT2D eigenvalue weighted by Gasteiger charge is 2.16. The average molecular weight is 184 g/mol. The van der Waals surface area contributed by atoms with Gasteiger partial charge in [0, 0.05) is 19.5 Å². The molecule has 0 radical (unpaired) electrons. The second-order valence-electron chi connectivity index (χ2n) is 3.79. The number of nitrogens with one attached hydrogen (secondary N) is 2. The molecule has 3 nitrogen and oxygen atoms in total. The van der Waals surface area contributed by atoms with Crippen molar-refractivity contribution in [1.29, 1.82) is 0 Å². The third-order valence-corrected chi connectivity index (χ3v) is 2.70. The number of amides is 1. The molecule has 1 aliphatic rings. The van der Waals surface area contributed by atoms with Crippen molar-refractivity contribution >= 4 is 5.91 Å². The van der Waals surface area contributed by atoms with E-state index in [4.69, 9.17) is 0 Å². The van der Waals surface area contributed by atoms with Gasteiger partial charge in [-0.2, -0.15) is 0 Å². The van der Waals surface area contributed by atoms with Crippen molar-refractivity contribution in [2.45, 2.75) is 32.1 Å². The summed E-state index contributed by atoms with van der Waals surface area (Å²) in [6.45, 7) is 1.64. The Bertz CT molecular complexity index is 155. The molecule has 1 fully saturated rings. The molecule has 0 aromatic heterocycles. The normalized spacial score (nSPS) is 16.7. The van der Waals surface area contributed by atoms with Gasteiger partial charge in [-0.1, -0.05) is 19.3 Å². The summed E-state index contributed by atoms with van der Waals surface area (Å²) in [5.41, 5.74) is 0. The smallest absolute Gasteiger partial charge is 0.221 e. The maximum absolute atomic E-state index is 11.1. The van der Waals surface area contributed by atoms with Crippen LogP contribution in [-0.4, -0.2) is 26.0 Å². The van der Waals surface area contributed by atoms with Crippen molar-refractivity contribution in [2.75, 3.05) is 20.1 Å². The molecular formula is C10H20N2O. The van der Waals surface area contributed by atoms with Gasteiger partial charge in [0.15, 0.2) is 0 Å². The summed E-state index contributed by atoms with van der Waals surface area (Å²) in [4.78, 5) is 11.1. The zero-order valence-corrected chi connectivity index (χ0v) is 8.44. The van der Waals surface area contributed by atoms with E-state index < -0.39 is 0 Å². The molecule has 0 atom stereocenters. The predicted molar refractivity (Wildman–Crippen MR) is 53.5 cm³/mol. The van der Waals surface area contributed by atoms with Crippen molar-refractivity contribution in [3.8, 4) is 0 Å². The first kappa shape index (κ1) is 10.5. The van der Waals surface area contributed by atoms with E-state index in [-0.39, 0.29) is 5.91 Å². The minimum atomic E-state index is 0.175. The molecular weight excluding hydrogens is 164 g/mol. The average Bonchev–Trinajstić information content (AvgIpc) is 2.06. The van der Waals surface area contributed by atoms with Crippen LogP contribution in [0.25, 0.3) is 0 Å². The highest BCUT2D eigenvalue weighted by Crippen LogP contribution is 2.28. The molecule has 1 rings (SSSR count). The Hall–Kier alpha value is -0.570. The van der Waals surface area contributed by atoms with Crippen LogP contribution in [0.4, 0.5) is 0 Å². The van der Waals surface area contributed by atoms with Gasteiger partial charge in [-0.3, -0.25) is 4.79 Å². The number of carbonyl (C=O) groups is 1. The third kappa shape index (κ3) is 4.27. The second-order valence-corrected chi connectivity index (χ2v) is 3.79. The number of carbonyl (C=O) groups excluding carboxylic acids is 1. The van der Waals surface area contributed by atoms with Gasteiger partial charge < -0.3 is 10.6 Å². The van der Waals surface area contributed by atoms with Crippen LogP contribution in [0.3, 0.4) is 0 Å². The van der Waals surface area contributed by atoms with Crippen molar-refractivity contribution in [3.05, 3.63) is 0 Å². The lowest BCUT2D eigenvalue weighted by Crippen LogP contribution is -2.29. The molecule has 0 aromatic rings. The number of hydrogen-bond acceptors (Lipinski definition) is 2. The summed E-state index contributed by atoms with van der Waals surface area (Å²) in [6.07, 6.45) is 5.89. The molecule has 1 amide bonds. The standard InChI is InChI=1S/C10H20N2O/c1-11-7-6-10(13)12-8-5-9-3-2-4-9/h9,11H,2-8H2,1H3,(H,12,13). The molecule has 0 heterocycles. The fourth-order valence-electron chi connectivity index (χ4n) is 1.52. The Kier molecular flexibility index (Phi) is 4.83. The molecule has 2 N–H and O–H groups in total. The van der Waals surface area contributed by atoms with Gasteiger partial charge in [0.2, 0.25) is 5.91 Å². The Morgan fingerprint density at radius 2 is 2.15 bits per heavy atom. The molecule has 3 heteroatoms. The first-order chi connectivity index (χ1) is 6.33. The molecule has 0 unspecified atom stereocenters. The Morgan fingerprint density at radius 3 is 2.69 bits per heavy atom. The van der Waals surface area contributed by atoms with Gasteiger partial charge in [-0.05, 0) is 19.4 Å². The highest BCUT2D eigenvalue weighted by atomic mass is 16.1. The van der Waals surface area contributed by atoms with Gasteiger partial charge in [0.25, 0.3) is 0 Å². The van der Waals surface area contributed by atoms with Gasteiger partial charge in [-0.25, -0.2) is 0 Å². The van der Waals surface area contributed by atoms with E-state index in [0.29, 0.717) is 6.42 Å². The molecule has 0 aliphatic heterocycles. The van der Waals surface area contributed by atoms with Crippen LogP contribution in [-0.2, 0) is 4.79 Å². The molecule has 1 saturated carbocycles. The summed E-state index contributed by atoms with van der Waals surface area (Å²) in [5.74, 6) is 1.07. The van der Waals surface area contributed by atoms with Crippen molar-refractivity contribution in [3.63, 3.8) is 0 Å². The van der Waals surface area contributed by atoms with Gasteiger partial charge in [0.05, 0.1) is 0 Å². The Balaban J connectivity index is 1.88. The molecule has 0 bridgehead atoms. The first-order valence-corrected chi connectivity index (χ1v) is 5.24. The highest BCUT2D eigenvalue weighted by molar-refractivity contribution is 5.75. The SMILES string of the molecule is CNCCC(=O)NCCC1CCC1. The zero-order chi connectivity index (χ0) is 9.52. The van der Waals surface area contributed by atoms with Gasteiger partial charge in [-0.15, -0.1) is 0 Å². The maximum atomic E-state index is 11.1. The molecule has 0 aromatic carbocycles. The number of hydrogen-bond donors (Lipinski definition) is 2. The third-order valence-electron chi connectivity index (χ3n) is 2.70. The fourth-order valence-corrected chi connectivity index (χ4v) is 1.52. The lowest BCUT2D eigenvalue weighted by Gasteiger charge is -2.25. The quantitative estimate of drug-likeness (QED) is 0.644. The monoisotopic (exact) mass is 184 g/mol. The van der Waals surface area contributed by atoms with Crippen LogP contribution in [0.1, 0.15) is 32.1 Å². The van der Waals surface area contributed by atoms with Crippen LogP contribution in [0.2, 0.25) is 0 Å².